The Morgan fingerprint density at radius 2 is 0.537 bits per heavy atom. The molecule has 10 heterocycles. The molecule has 9 aromatic carbocycles. The topological polar surface area (TPSA) is 319 Å². The van der Waals surface area contributed by atoms with E-state index in [9.17, 15) is 45.9 Å². The van der Waals surface area contributed by atoms with Crippen LogP contribution in [0.5, 0.6) is 0 Å². The van der Waals surface area contributed by atoms with Crippen molar-refractivity contribution in [3.8, 4) is 28.4 Å². The van der Waals surface area contributed by atoms with Gasteiger partial charge in [-0.2, -0.15) is 4.33 Å². The van der Waals surface area contributed by atoms with E-state index >= 15 is 0 Å². The first kappa shape index (κ1) is 98.7. The number of anilines is 4. The van der Waals surface area contributed by atoms with Gasteiger partial charge in [0.25, 0.3) is 28.2 Å². The van der Waals surface area contributed by atoms with Crippen molar-refractivity contribution < 1.29 is 55.1 Å². The van der Waals surface area contributed by atoms with Gasteiger partial charge in [0.15, 0.2) is 20.6 Å². The molecule has 0 radical (unpaired) electrons. The molecular formula is C94H66Cl6F5N19O7S5. The number of nitrogens with zero attached hydrogens (tertiary/aromatic N) is 15. The summed E-state index contributed by atoms with van der Waals surface area (Å²) >= 11 is 41.8. The Morgan fingerprint density at radius 3 is 0.757 bits per heavy atom. The number of thioether (sulfide) groups is 4. The molecule has 0 atom stereocenters. The van der Waals surface area contributed by atoms with E-state index in [1.165, 1.54) is 115 Å². The summed E-state index contributed by atoms with van der Waals surface area (Å²) < 4.78 is 79.5. The number of hydrogen-bond donors (Lipinski definition) is 4. The SMILES string of the molecule is COOSc1ncc2cc(C(=O)Nc3ccccc3Cl)n(-c3ccc(F)cc3)c2n1.CSc1ncc2cc(C(=O)Cl)n(-c3ccc(F)cc3)c2n1.CSc1ncc2cc(C(=O)Cl)n(-c3ccc(F)cc3)c2n1.CSc1ncc2cc(C(=O)Nc3ccccc3Cl)n(-c3ccc(F)cc3)c2n1.CSc1ncc2cc(C(=O)Nc3ccccc3Cl)n(-c3ccc(F)cc3)c2n1.Nc1ccccc1Cl. The van der Waals surface area contributed by atoms with Gasteiger partial charge in [-0.05, 0) is 248 Å². The number of hydrogen-bond acceptors (Lipinski definition) is 23. The fourth-order valence-corrected chi connectivity index (χ4v) is 15.8. The van der Waals surface area contributed by atoms with Crippen molar-refractivity contribution in [2.24, 2.45) is 0 Å². The second kappa shape index (κ2) is 45.8. The molecular weight excluding hydrogens is 1980 g/mol. The van der Waals surface area contributed by atoms with Crippen LogP contribution in [0.25, 0.3) is 83.6 Å². The van der Waals surface area contributed by atoms with Crippen molar-refractivity contribution >= 4 is 235 Å². The van der Waals surface area contributed by atoms with Crippen LogP contribution < -0.4 is 21.7 Å². The monoisotopic (exact) mass is 2040 g/mol. The number of carbonyl (C=O) groups is 5. The molecule has 42 heteroatoms. The van der Waals surface area contributed by atoms with Gasteiger partial charge in [-0.1, -0.05) is 142 Å². The number of nitrogens with two attached hydrogens (primary N) is 1. The summed E-state index contributed by atoms with van der Waals surface area (Å²) in [5, 5.41) is 15.1. The van der Waals surface area contributed by atoms with Crippen LogP contribution in [-0.2, 0) is 9.22 Å². The third-order valence-corrected chi connectivity index (χ3v) is 23.8. The number of benzene rings is 9. The number of carbonyl (C=O) groups excluding carboxylic acids is 5. The molecule has 19 aromatic rings. The Hall–Kier alpha value is -13.3. The Balaban J connectivity index is 0.000000134. The summed E-state index contributed by atoms with van der Waals surface area (Å²) in [6, 6.07) is 65.4. The van der Waals surface area contributed by atoms with E-state index in [1.54, 1.807) is 230 Å². The fourth-order valence-electron chi connectivity index (χ4n) is 13.1. The first-order valence-corrected chi connectivity index (χ1v) is 47.4. The van der Waals surface area contributed by atoms with Gasteiger partial charge in [0.1, 0.15) is 97.8 Å². The number of amides is 3. The molecule has 0 saturated heterocycles. The second-order valence-electron chi connectivity index (χ2n) is 27.9. The molecule has 0 aliphatic heterocycles. The zero-order valence-corrected chi connectivity index (χ0v) is 79.5. The van der Waals surface area contributed by atoms with E-state index in [-0.39, 0.29) is 57.3 Å². The maximum atomic E-state index is 13.5. The van der Waals surface area contributed by atoms with Crippen molar-refractivity contribution in [3.05, 3.63) is 357 Å². The lowest BCUT2D eigenvalue weighted by Gasteiger charge is -2.11. The van der Waals surface area contributed by atoms with Crippen molar-refractivity contribution in [2.45, 2.75) is 25.8 Å². The number of para-hydroxylation sites is 4. The second-order valence-corrected chi connectivity index (χ2v) is 33.9. The molecule has 0 spiro atoms. The maximum absolute atomic E-state index is 13.5. The third kappa shape index (κ3) is 23.8. The van der Waals surface area contributed by atoms with Crippen molar-refractivity contribution in [3.63, 3.8) is 0 Å². The number of nitrogens with one attached hydrogen (secondary N) is 3. The highest BCUT2D eigenvalue weighted by molar-refractivity contribution is 7.99. The highest BCUT2D eigenvalue weighted by atomic mass is 35.5. The molecule has 3 amide bonds. The zero-order chi connectivity index (χ0) is 96.4. The van der Waals surface area contributed by atoms with E-state index in [0.29, 0.717) is 158 Å². The molecule has 5 N–H and O–H groups in total. The van der Waals surface area contributed by atoms with E-state index in [0.717, 1.165) is 12.0 Å². The van der Waals surface area contributed by atoms with Gasteiger partial charge >= 0.3 is 0 Å². The molecule has 0 aliphatic carbocycles. The lowest BCUT2D eigenvalue weighted by Crippen LogP contribution is -2.16. The number of halogens is 11. The van der Waals surface area contributed by atoms with Gasteiger partial charge in [-0.25, -0.2) is 76.7 Å². The van der Waals surface area contributed by atoms with E-state index in [1.807, 2.05) is 37.2 Å². The normalized spacial score (nSPS) is 10.9. The average molecular weight is 2040 g/mol. The standard InChI is InChI=1S/C20H14ClFN4O3S.2C20H14ClFN4OS.2C14H9ClFN3OS.C6H6ClN/c1-28-29-30-20-23-11-12-10-17(19(27)24-16-5-3-2-4-15(16)21)26(18(12)25-20)14-8-6-13(22)7-9-14;2*1-28-20-23-11-12-10-17(19(27)24-16-5-3-2-4-15(16)21)26(18(12)25-20)14-8-6-13(22)7-9-14;2*1-21-14-17-7-8-6-11(12(15)20)19(13(8)18-14)10-4-2-9(16)3-5-10;7-5-3-1-2-4-6(5)8/h2-11H,1H3,(H,24,27);2*2-11H,1H3,(H,24,27);2*2-7H,1H3;1-4H,8H2. The highest BCUT2D eigenvalue weighted by Gasteiger charge is 2.26. The summed E-state index contributed by atoms with van der Waals surface area (Å²) in [6.45, 7) is 0. The van der Waals surface area contributed by atoms with Crippen LogP contribution in [0.2, 0.25) is 20.1 Å². The minimum absolute atomic E-state index is 0.269. The third-order valence-electron chi connectivity index (χ3n) is 19.3. The van der Waals surface area contributed by atoms with Crippen LogP contribution in [0.15, 0.2) is 305 Å². The highest BCUT2D eigenvalue weighted by Crippen LogP contribution is 2.35. The van der Waals surface area contributed by atoms with Gasteiger partial charge < -0.3 is 21.7 Å². The van der Waals surface area contributed by atoms with Crippen LogP contribution >= 0.6 is 129 Å². The number of rotatable bonds is 20. The lowest BCUT2D eigenvalue weighted by atomic mass is 10.2. The van der Waals surface area contributed by atoms with Gasteiger partial charge in [0, 0.05) is 86.4 Å². The van der Waals surface area contributed by atoms with Gasteiger partial charge in [-0.3, -0.25) is 46.8 Å². The molecule has 0 saturated carbocycles. The van der Waals surface area contributed by atoms with Crippen molar-refractivity contribution in [2.75, 3.05) is 53.8 Å². The predicted molar refractivity (Wildman–Crippen MR) is 530 cm³/mol. The number of fused-ring (bicyclic) bond motifs is 5. The summed E-state index contributed by atoms with van der Waals surface area (Å²) in [5.74, 6) is -2.95. The fraction of sp³-hybridized carbons (Fsp3) is 0.0532. The van der Waals surface area contributed by atoms with Crippen LogP contribution in [-0.4, -0.2) is 133 Å². The Kier molecular flexibility index (Phi) is 33.2. The predicted octanol–water partition coefficient (Wildman–Crippen LogP) is 24.7. The van der Waals surface area contributed by atoms with Gasteiger partial charge in [0.05, 0.1) is 49.9 Å². The zero-order valence-electron chi connectivity index (χ0n) is 70.9. The molecule has 686 valence electrons. The quantitative estimate of drug-likeness (QED) is 0.00805. The van der Waals surface area contributed by atoms with Crippen LogP contribution in [0.1, 0.15) is 52.4 Å². The summed E-state index contributed by atoms with van der Waals surface area (Å²) in [5.41, 5.74) is 14.7. The molecule has 0 unspecified atom stereocenters. The minimum atomic E-state index is -0.608. The minimum Gasteiger partial charge on any atom is -0.398 e. The molecule has 0 bridgehead atoms. The molecule has 0 aliphatic rings. The molecule has 10 aromatic heterocycles. The van der Waals surface area contributed by atoms with E-state index in [2.05, 4.69) is 70.7 Å². The molecule has 26 nitrogen and oxygen atoms in total. The maximum Gasteiger partial charge on any atom is 0.272 e. The van der Waals surface area contributed by atoms with E-state index in [4.69, 9.17) is 79.7 Å². The van der Waals surface area contributed by atoms with Crippen LogP contribution in [0, 0.1) is 29.1 Å². The van der Waals surface area contributed by atoms with E-state index < -0.39 is 22.2 Å². The number of aromatic nitrogens is 15. The summed E-state index contributed by atoms with van der Waals surface area (Å²) in [6.07, 6.45) is 15.6. The van der Waals surface area contributed by atoms with Crippen LogP contribution in [0.3, 0.4) is 0 Å². The van der Waals surface area contributed by atoms with Crippen LogP contribution in [0.4, 0.5) is 44.7 Å². The summed E-state index contributed by atoms with van der Waals surface area (Å²) in [7, 11) is 1.36. The molecule has 19 rings (SSSR count). The molecule has 0 fully saturated rings. The number of nitrogen functional groups attached to an aromatic ring is 1. The Labute approximate surface area is 821 Å². The smallest absolute Gasteiger partial charge is 0.272 e. The largest absolute Gasteiger partial charge is 0.398 e. The molecule has 136 heavy (non-hydrogen) atoms. The Bertz CT molecular complexity index is 7280. The van der Waals surface area contributed by atoms with Gasteiger partial charge in [-0.15, -0.1) is 0 Å². The van der Waals surface area contributed by atoms with Crippen molar-refractivity contribution in [1.29, 1.82) is 0 Å². The summed E-state index contributed by atoms with van der Waals surface area (Å²) in [4.78, 5) is 110. The lowest BCUT2D eigenvalue weighted by molar-refractivity contribution is -0.160. The average Bonchev–Trinajstić information content (AvgIpc) is 1.64. The Morgan fingerprint density at radius 1 is 0.316 bits per heavy atom. The van der Waals surface area contributed by atoms with Crippen molar-refractivity contribution in [1.82, 2.24) is 72.7 Å². The first-order chi connectivity index (χ1) is 65.7. The first-order valence-electron chi connectivity index (χ1n) is 39.5. The van der Waals surface area contributed by atoms with Gasteiger partial charge in [0.2, 0.25) is 5.16 Å².